The average Bonchev–Trinajstić information content (AvgIpc) is 2.75. The highest BCUT2D eigenvalue weighted by atomic mass is 32.2. The van der Waals surface area contributed by atoms with E-state index in [1.54, 1.807) is 0 Å². The lowest BCUT2D eigenvalue weighted by molar-refractivity contribution is 0.944. The van der Waals surface area contributed by atoms with Gasteiger partial charge < -0.3 is 4.90 Å². The fourth-order valence-electron chi connectivity index (χ4n) is 1.70. The van der Waals surface area contributed by atoms with Gasteiger partial charge in [-0.15, -0.1) is 0 Å². The maximum Gasteiger partial charge on any atom is 0.0828 e. The molecule has 1 aromatic carbocycles. The number of para-hydroxylation sites is 1. The average molecular weight is 234 g/mol. The molecule has 1 atom stereocenters. The number of nitrogens with zero attached hydrogens (tertiary/aromatic N) is 2. The Balaban J connectivity index is 2.11. The van der Waals surface area contributed by atoms with Gasteiger partial charge in [-0.1, -0.05) is 35.8 Å². The van der Waals surface area contributed by atoms with E-state index < -0.39 is 0 Å². The molecule has 0 fully saturated rings. The van der Waals surface area contributed by atoms with Crippen LogP contribution in [0.2, 0.25) is 0 Å². The van der Waals surface area contributed by atoms with Crippen molar-refractivity contribution in [2.75, 3.05) is 17.3 Å². The van der Waals surface area contributed by atoms with Gasteiger partial charge in [-0.25, -0.2) is 0 Å². The summed E-state index contributed by atoms with van der Waals surface area (Å²) in [6, 6.07) is 8.50. The number of hydrogen-bond donors (Lipinski definition) is 0. The summed E-state index contributed by atoms with van der Waals surface area (Å²) in [4.78, 5) is 2.30. The summed E-state index contributed by atoms with van der Waals surface area (Å²) in [7, 11) is 0.104. The molecule has 0 spiro atoms. The standard InChI is InChI=1S/C13H18N2S/c1-3-8-14-16-10-9-15(11-16)13-7-5-4-6-12(13)2/h4-7,9-10H,3,8,11H2,1-2H3. The number of benzene rings is 1. The van der Waals surface area contributed by atoms with Gasteiger partial charge in [-0.3, -0.25) is 4.36 Å². The molecule has 1 aromatic rings. The summed E-state index contributed by atoms with van der Waals surface area (Å²) >= 11 is 0. The fourth-order valence-corrected chi connectivity index (χ4v) is 3.17. The van der Waals surface area contributed by atoms with Crippen molar-refractivity contribution >= 4 is 16.4 Å². The van der Waals surface area contributed by atoms with Crippen LogP contribution in [0, 0.1) is 6.92 Å². The first-order chi connectivity index (χ1) is 7.81. The first-order valence-electron chi connectivity index (χ1n) is 5.69. The molecule has 0 saturated heterocycles. The van der Waals surface area contributed by atoms with E-state index in [1.165, 1.54) is 11.3 Å². The van der Waals surface area contributed by atoms with Crippen LogP contribution in [0.1, 0.15) is 18.9 Å². The molecule has 3 heteroatoms. The first kappa shape index (κ1) is 11.4. The summed E-state index contributed by atoms with van der Waals surface area (Å²) in [6.07, 6.45) is 3.31. The number of anilines is 1. The van der Waals surface area contributed by atoms with Crippen LogP contribution in [0.25, 0.3) is 0 Å². The van der Waals surface area contributed by atoms with Gasteiger partial charge in [0.25, 0.3) is 0 Å². The Hall–Kier alpha value is -1.09. The second-order valence-electron chi connectivity index (χ2n) is 3.92. The summed E-state index contributed by atoms with van der Waals surface area (Å²) in [5.41, 5.74) is 2.63. The molecule has 16 heavy (non-hydrogen) atoms. The second-order valence-corrected chi connectivity index (χ2v) is 5.52. The highest BCUT2D eigenvalue weighted by molar-refractivity contribution is 7.90. The van der Waals surface area contributed by atoms with Crippen molar-refractivity contribution in [3.05, 3.63) is 41.4 Å². The lowest BCUT2D eigenvalue weighted by atomic mass is 10.2. The van der Waals surface area contributed by atoms with Crippen LogP contribution in [0.3, 0.4) is 0 Å². The van der Waals surface area contributed by atoms with Gasteiger partial charge in [-0.05, 0) is 25.0 Å². The van der Waals surface area contributed by atoms with Crippen molar-refractivity contribution in [3.8, 4) is 0 Å². The van der Waals surface area contributed by atoms with Gasteiger partial charge in [0.1, 0.15) is 0 Å². The normalized spacial score (nSPS) is 19.6. The lowest BCUT2D eigenvalue weighted by Crippen LogP contribution is -2.15. The molecule has 2 rings (SSSR count). The Morgan fingerprint density at radius 3 is 2.94 bits per heavy atom. The van der Waals surface area contributed by atoms with E-state index in [-0.39, 0.29) is 10.7 Å². The van der Waals surface area contributed by atoms with E-state index in [0.717, 1.165) is 18.8 Å². The maximum atomic E-state index is 4.65. The van der Waals surface area contributed by atoms with Crippen LogP contribution < -0.4 is 4.90 Å². The van der Waals surface area contributed by atoms with E-state index in [9.17, 15) is 0 Å². The summed E-state index contributed by atoms with van der Waals surface area (Å²) < 4.78 is 4.65. The first-order valence-corrected chi connectivity index (χ1v) is 7.10. The minimum atomic E-state index is 0.104. The van der Waals surface area contributed by atoms with Gasteiger partial charge in [0.05, 0.1) is 5.88 Å². The molecule has 1 heterocycles. The molecule has 1 aliphatic rings. The minimum Gasteiger partial charge on any atom is -0.336 e. The van der Waals surface area contributed by atoms with E-state index in [4.69, 9.17) is 0 Å². The Bertz CT molecular complexity index is 424. The summed E-state index contributed by atoms with van der Waals surface area (Å²) in [5.74, 6) is 1.02. The third kappa shape index (κ3) is 2.53. The largest absolute Gasteiger partial charge is 0.336 e. The lowest BCUT2D eigenvalue weighted by Gasteiger charge is -2.17. The Kier molecular flexibility index (Phi) is 3.78. The van der Waals surface area contributed by atoms with Gasteiger partial charge in [0, 0.05) is 23.8 Å². The summed E-state index contributed by atoms with van der Waals surface area (Å²) in [6.45, 7) is 5.31. The number of rotatable bonds is 3. The highest BCUT2D eigenvalue weighted by Crippen LogP contribution is 2.23. The van der Waals surface area contributed by atoms with Crippen LogP contribution in [0.5, 0.6) is 0 Å². The van der Waals surface area contributed by atoms with E-state index >= 15 is 0 Å². The van der Waals surface area contributed by atoms with Crippen LogP contribution in [-0.4, -0.2) is 12.4 Å². The van der Waals surface area contributed by atoms with Crippen LogP contribution >= 0.6 is 0 Å². The number of aryl methyl sites for hydroxylation is 1. The second kappa shape index (κ2) is 5.30. The van der Waals surface area contributed by atoms with Crippen molar-refractivity contribution < 1.29 is 0 Å². The molecule has 1 unspecified atom stereocenters. The molecule has 0 bridgehead atoms. The molecule has 86 valence electrons. The maximum absolute atomic E-state index is 4.65. The van der Waals surface area contributed by atoms with Crippen LogP contribution in [-0.2, 0) is 10.7 Å². The molecule has 0 aliphatic carbocycles. The fraction of sp³-hybridized carbons (Fsp3) is 0.385. The van der Waals surface area contributed by atoms with E-state index in [0.29, 0.717) is 0 Å². The van der Waals surface area contributed by atoms with Crippen molar-refractivity contribution in [2.45, 2.75) is 20.3 Å². The van der Waals surface area contributed by atoms with Gasteiger partial charge in [0.15, 0.2) is 0 Å². The number of hydrogen-bond acceptors (Lipinski definition) is 2. The Morgan fingerprint density at radius 1 is 1.38 bits per heavy atom. The van der Waals surface area contributed by atoms with Crippen molar-refractivity contribution in [1.29, 1.82) is 0 Å². The van der Waals surface area contributed by atoms with Crippen LogP contribution in [0.4, 0.5) is 5.69 Å². The van der Waals surface area contributed by atoms with E-state index in [2.05, 4.69) is 59.0 Å². The zero-order valence-electron chi connectivity index (χ0n) is 9.89. The minimum absolute atomic E-state index is 0.104. The Labute approximate surface area is 100 Å². The predicted molar refractivity (Wildman–Crippen MR) is 72.6 cm³/mol. The van der Waals surface area contributed by atoms with Gasteiger partial charge in [-0.2, -0.15) is 0 Å². The molecule has 0 amide bonds. The molecular formula is C13H18N2S. The zero-order chi connectivity index (χ0) is 11.4. The molecule has 0 radical (unpaired) electrons. The van der Waals surface area contributed by atoms with E-state index in [1.807, 2.05) is 0 Å². The van der Waals surface area contributed by atoms with Crippen molar-refractivity contribution in [3.63, 3.8) is 0 Å². The molecule has 0 saturated carbocycles. The molecule has 0 N–H and O–H groups in total. The third-order valence-electron chi connectivity index (χ3n) is 2.57. The summed E-state index contributed by atoms with van der Waals surface area (Å²) in [5, 5.41) is 2.22. The monoisotopic (exact) mass is 234 g/mol. The molecule has 0 aromatic heterocycles. The zero-order valence-corrected chi connectivity index (χ0v) is 10.7. The molecular weight excluding hydrogens is 216 g/mol. The topological polar surface area (TPSA) is 15.6 Å². The molecule has 2 nitrogen and oxygen atoms in total. The highest BCUT2D eigenvalue weighted by Gasteiger charge is 2.12. The van der Waals surface area contributed by atoms with Crippen molar-refractivity contribution in [2.24, 2.45) is 4.36 Å². The van der Waals surface area contributed by atoms with Gasteiger partial charge in [0.2, 0.25) is 0 Å². The van der Waals surface area contributed by atoms with Crippen molar-refractivity contribution in [1.82, 2.24) is 0 Å². The third-order valence-corrected chi connectivity index (χ3v) is 4.07. The molecule has 1 aliphatic heterocycles. The SMILES string of the molecule is CCCN=S1C=CN(c2ccccc2C)C1. The Morgan fingerprint density at radius 2 is 2.19 bits per heavy atom. The van der Waals surface area contributed by atoms with Crippen LogP contribution in [0.15, 0.2) is 40.2 Å². The van der Waals surface area contributed by atoms with Gasteiger partial charge >= 0.3 is 0 Å². The quantitative estimate of drug-likeness (QED) is 0.782. The smallest absolute Gasteiger partial charge is 0.0828 e. The predicted octanol–water partition coefficient (Wildman–Crippen LogP) is 3.46.